The van der Waals surface area contributed by atoms with Gasteiger partial charge in [0.05, 0.1) is 0 Å². The lowest BCUT2D eigenvalue weighted by atomic mass is 10.1. The predicted octanol–water partition coefficient (Wildman–Crippen LogP) is 3.83. The number of hydrogen-bond donors (Lipinski definition) is 1. The summed E-state index contributed by atoms with van der Waals surface area (Å²) in [5.41, 5.74) is 0. The van der Waals surface area contributed by atoms with Crippen molar-refractivity contribution in [1.82, 2.24) is 5.32 Å². The Labute approximate surface area is 99.8 Å². The molecule has 0 saturated heterocycles. The van der Waals surface area contributed by atoms with E-state index in [4.69, 9.17) is 0 Å². The average Bonchev–Trinajstić information content (AvgIpc) is 2.75. The molecule has 0 aromatic heterocycles. The second-order valence-corrected chi connectivity index (χ2v) is 5.99. The van der Waals surface area contributed by atoms with Gasteiger partial charge in [-0.1, -0.05) is 26.7 Å². The second kappa shape index (κ2) is 8.46. The normalized spacial score (nSPS) is 19.6. The molecule has 0 aliphatic heterocycles. The van der Waals surface area contributed by atoms with E-state index >= 15 is 0 Å². The van der Waals surface area contributed by atoms with Crippen LogP contribution in [0.2, 0.25) is 0 Å². The zero-order valence-electron chi connectivity index (χ0n) is 10.4. The van der Waals surface area contributed by atoms with Crippen LogP contribution in [0.1, 0.15) is 58.8 Å². The zero-order valence-corrected chi connectivity index (χ0v) is 11.2. The van der Waals surface area contributed by atoms with E-state index in [1.54, 1.807) is 0 Å². The molecule has 0 bridgehead atoms. The summed E-state index contributed by atoms with van der Waals surface area (Å²) in [6.45, 7) is 5.61. The Bertz CT molecular complexity index is 143. The van der Waals surface area contributed by atoms with Gasteiger partial charge in [-0.2, -0.15) is 11.8 Å². The summed E-state index contributed by atoms with van der Waals surface area (Å²) in [5.74, 6) is 1.38. The van der Waals surface area contributed by atoms with E-state index in [0.717, 1.165) is 17.8 Å². The molecular formula is C13H27NS. The fourth-order valence-electron chi connectivity index (χ4n) is 2.37. The van der Waals surface area contributed by atoms with Gasteiger partial charge in [0, 0.05) is 11.3 Å². The maximum absolute atomic E-state index is 3.55. The Balaban J connectivity index is 1.94. The lowest BCUT2D eigenvalue weighted by molar-refractivity contribution is 0.477. The van der Waals surface area contributed by atoms with E-state index < -0.39 is 0 Å². The Morgan fingerprint density at radius 2 is 2.00 bits per heavy atom. The van der Waals surface area contributed by atoms with Gasteiger partial charge in [0.15, 0.2) is 0 Å². The van der Waals surface area contributed by atoms with Gasteiger partial charge in [-0.15, -0.1) is 0 Å². The molecule has 1 aliphatic carbocycles. The first-order valence-corrected chi connectivity index (χ1v) is 7.76. The minimum Gasteiger partial charge on any atom is -0.314 e. The third kappa shape index (κ3) is 5.82. The van der Waals surface area contributed by atoms with Crippen molar-refractivity contribution in [2.45, 2.75) is 70.1 Å². The Morgan fingerprint density at radius 3 is 2.60 bits per heavy atom. The molecule has 0 spiro atoms. The van der Waals surface area contributed by atoms with Gasteiger partial charge >= 0.3 is 0 Å². The SMILES string of the molecule is CCNC(CC)CCCSC1CCCC1. The molecule has 1 aliphatic rings. The van der Waals surface area contributed by atoms with Crippen LogP contribution < -0.4 is 5.32 Å². The largest absolute Gasteiger partial charge is 0.314 e. The molecule has 1 unspecified atom stereocenters. The molecule has 2 heteroatoms. The van der Waals surface area contributed by atoms with Gasteiger partial charge in [0.1, 0.15) is 0 Å². The third-order valence-electron chi connectivity index (χ3n) is 3.34. The maximum atomic E-state index is 3.55. The van der Waals surface area contributed by atoms with Gasteiger partial charge < -0.3 is 5.32 Å². The molecular weight excluding hydrogens is 202 g/mol. The Hall–Kier alpha value is 0.310. The van der Waals surface area contributed by atoms with Crippen LogP contribution in [0.4, 0.5) is 0 Å². The lowest BCUT2D eigenvalue weighted by Crippen LogP contribution is -2.28. The molecule has 1 saturated carbocycles. The van der Waals surface area contributed by atoms with Crippen molar-refractivity contribution >= 4 is 11.8 Å². The molecule has 1 atom stereocenters. The summed E-state index contributed by atoms with van der Waals surface area (Å²) in [6.07, 6.45) is 9.96. The molecule has 90 valence electrons. The number of nitrogens with one attached hydrogen (secondary N) is 1. The molecule has 15 heavy (non-hydrogen) atoms. The summed E-state index contributed by atoms with van der Waals surface area (Å²) >= 11 is 2.23. The first kappa shape index (κ1) is 13.4. The van der Waals surface area contributed by atoms with Crippen molar-refractivity contribution in [2.24, 2.45) is 0 Å². The minimum atomic E-state index is 0.763. The number of hydrogen-bond acceptors (Lipinski definition) is 2. The van der Waals surface area contributed by atoms with Crippen molar-refractivity contribution in [1.29, 1.82) is 0 Å². The van der Waals surface area contributed by atoms with Crippen LogP contribution in [0, 0.1) is 0 Å². The van der Waals surface area contributed by atoms with E-state index in [0.29, 0.717) is 0 Å². The fourth-order valence-corrected chi connectivity index (χ4v) is 3.71. The van der Waals surface area contributed by atoms with Gasteiger partial charge in [-0.25, -0.2) is 0 Å². The zero-order chi connectivity index (χ0) is 10.9. The topological polar surface area (TPSA) is 12.0 Å². The highest BCUT2D eigenvalue weighted by Crippen LogP contribution is 2.29. The van der Waals surface area contributed by atoms with Gasteiger partial charge in [-0.05, 0) is 44.4 Å². The highest BCUT2D eigenvalue weighted by Gasteiger charge is 2.14. The highest BCUT2D eigenvalue weighted by molar-refractivity contribution is 7.99. The summed E-state index contributed by atoms with van der Waals surface area (Å²) in [4.78, 5) is 0. The molecule has 1 rings (SSSR count). The Kier molecular flexibility index (Phi) is 7.54. The molecule has 0 aromatic carbocycles. The summed E-state index contributed by atoms with van der Waals surface area (Å²) in [7, 11) is 0. The smallest absolute Gasteiger partial charge is 0.00646 e. The lowest BCUT2D eigenvalue weighted by Gasteiger charge is -2.16. The highest BCUT2D eigenvalue weighted by atomic mass is 32.2. The van der Waals surface area contributed by atoms with Gasteiger partial charge in [0.2, 0.25) is 0 Å². The van der Waals surface area contributed by atoms with E-state index in [-0.39, 0.29) is 0 Å². The fraction of sp³-hybridized carbons (Fsp3) is 1.00. The molecule has 1 nitrogen and oxygen atoms in total. The molecule has 1 N–H and O–H groups in total. The van der Waals surface area contributed by atoms with E-state index in [9.17, 15) is 0 Å². The standard InChI is InChI=1S/C13H27NS/c1-3-12(14-4-2)8-7-11-15-13-9-5-6-10-13/h12-14H,3-11H2,1-2H3. The predicted molar refractivity (Wildman–Crippen MR) is 71.7 cm³/mol. The van der Waals surface area contributed by atoms with Crippen LogP contribution in [0.15, 0.2) is 0 Å². The van der Waals surface area contributed by atoms with Crippen molar-refractivity contribution < 1.29 is 0 Å². The first-order valence-electron chi connectivity index (χ1n) is 6.71. The number of thioether (sulfide) groups is 1. The maximum Gasteiger partial charge on any atom is 0.00646 e. The van der Waals surface area contributed by atoms with Crippen LogP contribution in [-0.2, 0) is 0 Å². The van der Waals surface area contributed by atoms with E-state index in [1.165, 1.54) is 50.7 Å². The van der Waals surface area contributed by atoms with Crippen LogP contribution in [-0.4, -0.2) is 23.6 Å². The van der Waals surface area contributed by atoms with E-state index in [1.807, 2.05) is 0 Å². The van der Waals surface area contributed by atoms with Gasteiger partial charge in [-0.3, -0.25) is 0 Å². The number of rotatable bonds is 8. The van der Waals surface area contributed by atoms with Crippen LogP contribution in [0.5, 0.6) is 0 Å². The first-order chi connectivity index (χ1) is 7.36. The summed E-state index contributed by atoms with van der Waals surface area (Å²) in [5, 5.41) is 4.56. The van der Waals surface area contributed by atoms with Crippen LogP contribution in [0.3, 0.4) is 0 Å². The quantitative estimate of drug-likeness (QED) is 0.635. The van der Waals surface area contributed by atoms with Crippen molar-refractivity contribution in [2.75, 3.05) is 12.3 Å². The van der Waals surface area contributed by atoms with Crippen molar-refractivity contribution in [3.63, 3.8) is 0 Å². The van der Waals surface area contributed by atoms with Crippen LogP contribution in [0.25, 0.3) is 0 Å². The summed E-state index contributed by atoms with van der Waals surface area (Å²) < 4.78 is 0. The third-order valence-corrected chi connectivity index (χ3v) is 4.81. The molecule has 1 fully saturated rings. The van der Waals surface area contributed by atoms with E-state index in [2.05, 4.69) is 30.9 Å². The van der Waals surface area contributed by atoms with Crippen molar-refractivity contribution in [3.05, 3.63) is 0 Å². The average molecular weight is 229 g/mol. The van der Waals surface area contributed by atoms with Crippen molar-refractivity contribution in [3.8, 4) is 0 Å². The van der Waals surface area contributed by atoms with Crippen LogP contribution >= 0.6 is 11.8 Å². The molecule has 0 radical (unpaired) electrons. The monoisotopic (exact) mass is 229 g/mol. The molecule has 0 amide bonds. The second-order valence-electron chi connectivity index (χ2n) is 4.58. The molecule has 0 aromatic rings. The van der Waals surface area contributed by atoms with Gasteiger partial charge in [0.25, 0.3) is 0 Å². The molecule has 0 heterocycles. The summed E-state index contributed by atoms with van der Waals surface area (Å²) in [6, 6.07) is 0.763. The Morgan fingerprint density at radius 1 is 1.27 bits per heavy atom. The minimum absolute atomic E-state index is 0.763.